The fraction of sp³-hybridized carbons (Fsp3) is 0.538. The van der Waals surface area contributed by atoms with Crippen molar-refractivity contribution in [1.29, 1.82) is 0 Å². The molecule has 0 radical (unpaired) electrons. The lowest BCUT2D eigenvalue weighted by Crippen LogP contribution is -2.15. The van der Waals surface area contributed by atoms with Crippen LogP contribution in [0.15, 0.2) is 18.2 Å². The van der Waals surface area contributed by atoms with Gasteiger partial charge in [0, 0.05) is 5.38 Å². The van der Waals surface area contributed by atoms with Crippen LogP contribution in [0, 0.1) is 0 Å². The summed E-state index contributed by atoms with van der Waals surface area (Å²) in [5.41, 5.74) is 1.26. The number of fused-ring (bicyclic) bond motifs is 1. The SMILES string of the molecule is CC(Cl)CC(C)c1ccc2c(c1)OCCO2. The van der Waals surface area contributed by atoms with Gasteiger partial charge in [0.15, 0.2) is 11.5 Å². The molecule has 2 nitrogen and oxygen atoms in total. The largest absolute Gasteiger partial charge is 0.486 e. The lowest BCUT2D eigenvalue weighted by molar-refractivity contribution is 0.171. The third-order valence-corrected chi connectivity index (χ3v) is 2.99. The summed E-state index contributed by atoms with van der Waals surface area (Å²) in [4.78, 5) is 0. The third kappa shape index (κ3) is 2.62. The van der Waals surface area contributed by atoms with Crippen LogP contribution in [0.4, 0.5) is 0 Å². The van der Waals surface area contributed by atoms with E-state index in [1.807, 2.05) is 13.0 Å². The first-order valence-electron chi connectivity index (χ1n) is 5.70. The quantitative estimate of drug-likeness (QED) is 0.752. The van der Waals surface area contributed by atoms with Gasteiger partial charge in [-0.25, -0.2) is 0 Å². The van der Waals surface area contributed by atoms with Gasteiger partial charge in [-0.3, -0.25) is 0 Å². The van der Waals surface area contributed by atoms with Crippen molar-refractivity contribution in [3.8, 4) is 11.5 Å². The Hall–Kier alpha value is -0.890. The van der Waals surface area contributed by atoms with E-state index in [0.29, 0.717) is 19.1 Å². The number of benzene rings is 1. The number of halogens is 1. The molecule has 1 aliphatic heterocycles. The van der Waals surface area contributed by atoms with Crippen LogP contribution >= 0.6 is 11.6 Å². The van der Waals surface area contributed by atoms with Crippen LogP contribution in [-0.4, -0.2) is 18.6 Å². The summed E-state index contributed by atoms with van der Waals surface area (Å²) in [5, 5.41) is 0.197. The highest BCUT2D eigenvalue weighted by Crippen LogP contribution is 2.34. The Balaban J connectivity index is 2.16. The van der Waals surface area contributed by atoms with Gasteiger partial charge in [-0.05, 0) is 37.0 Å². The summed E-state index contributed by atoms with van der Waals surface area (Å²) >= 11 is 6.01. The van der Waals surface area contributed by atoms with Crippen LogP contribution < -0.4 is 9.47 Å². The number of rotatable bonds is 3. The van der Waals surface area contributed by atoms with Gasteiger partial charge in [0.05, 0.1) is 0 Å². The van der Waals surface area contributed by atoms with E-state index in [2.05, 4.69) is 19.1 Å². The van der Waals surface area contributed by atoms with Crippen molar-refractivity contribution in [1.82, 2.24) is 0 Å². The van der Waals surface area contributed by atoms with Crippen molar-refractivity contribution in [3.05, 3.63) is 23.8 Å². The molecule has 1 aromatic carbocycles. The normalized spacial score (nSPS) is 17.9. The van der Waals surface area contributed by atoms with Crippen LogP contribution in [0.2, 0.25) is 0 Å². The molecule has 1 aliphatic rings. The predicted octanol–water partition coefficient (Wildman–Crippen LogP) is 3.58. The molecule has 16 heavy (non-hydrogen) atoms. The molecule has 0 bridgehead atoms. The van der Waals surface area contributed by atoms with Crippen LogP contribution in [0.3, 0.4) is 0 Å². The average Bonchev–Trinajstić information content (AvgIpc) is 2.27. The highest BCUT2D eigenvalue weighted by molar-refractivity contribution is 6.20. The second-order valence-electron chi connectivity index (χ2n) is 4.32. The minimum atomic E-state index is 0.197. The van der Waals surface area contributed by atoms with Gasteiger partial charge in [-0.15, -0.1) is 11.6 Å². The van der Waals surface area contributed by atoms with Gasteiger partial charge >= 0.3 is 0 Å². The molecule has 2 atom stereocenters. The maximum absolute atomic E-state index is 6.01. The molecule has 3 heteroatoms. The zero-order valence-electron chi connectivity index (χ0n) is 9.70. The molecular formula is C13H17ClO2. The van der Waals surface area contributed by atoms with Crippen LogP contribution in [-0.2, 0) is 0 Å². The molecule has 0 N–H and O–H groups in total. The summed E-state index contributed by atoms with van der Waals surface area (Å²) in [6.07, 6.45) is 0.973. The first-order chi connectivity index (χ1) is 7.66. The van der Waals surface area contributed by atoms with Crippen LogP contribution in [0.25, 0.3) is 0 Å². The molecule has 0 spiro atoms. The van der Waals surface area contributed by atoms with Gasteiger partial charge in [-0.1, -0.05) is 13.0 Å². The van der Waals surface area contributed by atoms with E-state index in [4.69, 9.17) is 21.1 Å². The molecule has 0 amide bonds. The summed E-state index contributed by atoms with van der Waals surface area (Å²) in [6.45, 7) is 5.48. The fourth-order valence-corrected chi connectivity index (χ4v) is 2.26. The van der Waals surface area contributed by atoms with E-state index in [-0.39, 0.29) is 5.38 Å². The Morgan fingerprint density at radius 1 is 1.19 bits per heavy atom. The highest BCUT2D eigenvalue weighted by atomic mass is 35.5. The Kier molecular flexibility index (Phi) is 3.59. The molecule has 2 rings (SSSR count). The second-order valence-corrected chi connectivity index (χ2v) is 5.07. The fourth-order valence-electron chi connectivity index (χ4n) is 1.99. The second kappa shape index (κ2) is 4.96. The van der Waals surface area contributed by atoms with Gasteiger partial charge in [0.2, 0.25) is 0 Å². The molecule has 0 aliphatic carbocycles. The minimum absolute atomic E-state index is 0.197. The monoisotopic (exact) mass is 240 g/mol. The summed E-state index contributed by atoms with van der Waals surface area (Å²) in [6, 6.07) is 6.15. The standard InChI is InChI=1S/C13H17ClO2/c1-9(7-10(2)14)11-3-4-12-13(8-11)16-6-5-15-12/h3-4,8-10H,5-7H2,1-2H3. The average molecular weight is 241 g/mol. The Morgan fingerprint density at radius 3 is 2.56 bits per heavy atom. The van der Waals surface area contributed by atoms with E-state index in [1.165, 1.54) is 5.56 Å². The molecule has 0 aromatic heterocycles. The molecule has 1 heterocycles. The first-order valence-corrected chi connectivity index (χ1v) is 6.14. The Labute approximate surface area is 102 Å². The molecular weight excluding hydrogens is 224 g/mol. The van der Waals surface area contributed by atoms with Crippen molar-refractivity contribution >= 4 is 11.6 Å². The van der Waals surface area contributed by atoms with Gasteiger partial charge in [0.25, 0.3) is 0 Å². The lowest BCUT2D eigenvalue weighted by Gasteiger charge is -2.21. The predicted molar refractivity (Wildman–Crippen MR) is 65.8 cm³/mol. The Morgan fingerprint density at radius 2 is 1.88 bits per heavy atom. The van der Waals surface area contributed by atoms with Crippen molar-refractivity contribution in [3.63, 3.8) is 0 Å². The molecule has 2 unspecified atom stereocenters. The highest BCUT2D eigenvalue weighted by Gasteiger charge is 2.15. The number of alkyl halides is 1. The van der Waals surface area contributed by atoms with Crippen molar-refractivity contribution in [2.45, 2.75) is 31.6 Å². The van der Waals surface area contributed by atoms with Gasteiger partial charge in [-0.2, -0.15) is 0 Å². The summed E-state index contributed by atoms with van der Waals surface area (Å²) in [5.74, 6) is 2.15. The third-order valence-electron chi connectivity index (χ3n) is 2.81. The summed E-state index contributed by atoms with van der Waals surface area (Å²) < 4.78 is 11.0. The van der Waals surface area contributed by atoms with E-state index >= 15 is 0 Å². The van der Waals surface area contributed by atoms with E-state index in [0.717, 1.165) is 17.9 Å². The molecule has 88 valence electrons. The van der Waals surface area contributed by atoms with Crippen molar-refractivity contribution in [2.75, 3.05) is 13.2 Å². The van der Waals surface area contributed by atoms with Gasteiger partial charge < -0.3 is 9.47 Å². The number of hydrogen-bond donors (Lipinski definition) is 0. The maximum Gasteiger partial charge on any atom is 0.161 e. The zero-order valence-corrected chi connectivity index (χ0v) is 10.5. The van der Waals surface area contributed by atoms with E-state index < -0.39 is 0 Å². The van der Waals surface area contributed by atoms with E-state index in [9.17, 15) is 0 Å². The smallest absolute Gasteiger partial charge is 0.161 e. The minimum Gasteiger partial charge on any atom is -0.486 e. The topological polar surface area (TPSA) is 18.5 Å². The molecule has 1 aromatic rings. The molecule has 0 saturated heterocycles. The maximum atomic E-state index is 6.01. The van der Waals surface area contributed by atoms with Gasteiger partial charge in [0.1, 0.15) is 13.2 Å². The summed E-state index contributed by atoms with van der Waals surface area (Å²) in [7, 11) is 0. The molecule has 0 fully saturated rings. The lowest BCUT2D eigenvalue weighted by atomic mass is 9.96. The zero-order chi connectivity index (χ0) is 11.5. The van der Waals surface area contributed by atoms with Crippen LogP contribution in [0.5, 0.6) is 11.5 Å². The Bertz CT molecular complexity index is 363. The number of hydrogen-bond acceptors (Lipinski definition) is 2. The first kappa shape index (κ1) is 11.6. The van der Waals surface area contributed by atoms with Crippen molar-refractivity contribution < 1.29 is 9.47 Å². The molecule has 0 saturated carbocycles. The van der Waals surface area contributed by atoms with E-state index in [1.54, 1.807) is 0 Å². The number of ether oxygens (including phenoxy) is 2. The van der Waals surface area contributed by atoms with Crippen molar-refractivity contribution in [2.24, 2.45) is 0 Å². The van der Waals surface area contributed by atoms with Crippen LogP contribution in [0.1, 0.15) is 31.7 Å².